The normalized spacial score (nSPS) is 10.5. The smallest absolute Gasteiger partial charge is 0.118 e. The molecule has 0 heterocycles. The van der Waals surface area contributed by atoms with Crippen molar-refractivity contribution in [1.82, 2.24) is 0 Å². The highest BCUT2D eigenvalue weighted by Gasteiger charge is 2.02. The third-order valence-corrected chi connectivity index (χ3v) is 2.73. The van der Waals surface area contributed by atoms with E-state index in [1.165, 1.54) is 31.2 Å². The third kappa shape index (κ3) is 3.94. The fourth-order valence-electron chi connectivity index (χ4n) is 1.85. The standard InChI is InChI=1S/C14H22O/c1-3-5-6-8-13-11-12(7-4-2)9-10-14(13)15/h9-11,15H,3-8H2,1-2H3. The van der Waals surface area contributed by atoms with E-state index in [9.17, 15) is 5.11 Å². The highest BCUT2D eigenvalue weighted by molar-refractivity contribution is 5.36. The van der Waals surface area contributed by atoms with E-state index in [0.29, 0.717) is 5.75 Å². The zero-order chi connectivity index (χ0) is 11.1. The summed E-state index contributed by atoms with van der Waals surface area (Å²) in [4.78, 5) is 0. The monoisotopic (exact) mass is 206 g/mol. The first kappa shape index (κ1) is 12.1. The zero-order valence-corrected chi connectivity index (χ0v) is 9.92. The minimum Gasteiger partial charge on any atom is -0.508 e. The minimum atomic E-state index is 0.464. The summed E-state index contributed by atoms with van der Waals surface area (Å²) >= 11 is 0. The number of phenols is 1. The van der Waals surface area contributed by atoms with Crippen LogP contribution in [0.3, 0.4) is 0 Å². The molecule has 1 aromatic rings. The van der Waals surface area contributed by atoms with E-state index in [1.54, 1.807) is 0 Å². The lowest BCUT2D eigenvalue weighted by atomic mass is 10.0. The molecule has 0 amide bonds. The van der Waals surface area contributed by atoms with Crippen molar-refractivity contribution in [2.75, 3.05) is 0 Å². The van der Waals surface area contributed by atoms with Crippen molar-refractivity contribution < 1.29 is 5.11 Å². The quantitative estimate of drug-likeness (QED) is 0.695. The third-order valence-electron chi connectivity index (χ3n) is 2.73. The maximum Gasteiger partial charge on any atom is 0.118 e. The number of unbranched alkanes of at least 4 members (excludes halogenated alkanes) is 2. The first-order chi connectivity index (χ1) is 7.27. The SMILES string of the molecule is CCCCCc1cc(CCC)ccc1O. The van der Waals surface area contributed by atoms with Crippen molar-refractivity contribution in [3.05, 3.63) is 29.3 Å². The van der Waals surface area contributed by atoms with Crippen LogP contribution < -0.4 is 0 Å². The predicted molar refractivity (Wildman–Crippen MR) is 65.3 cm³/mol. The molecule has 0 fully saturated rings. The Labute approximate surface area is 93.1 Å². The lowest BCUT2D eigenvalue weighted by Crippen LogP contribution is -1.90. The average molecular weight is 206 g/mol. The summed E-state index contributed by atoms with van der Waals surface area (Å²) in [5.74, 6) is 0.464. The summed E-state index contributed by atoms with van der Waals surface area (Å²) < 4.78 is 0. The lowest BCUT2D eigenvalue weighted by Gasteiger charge is -2.07. The molecule has 15 heavy (non-hydrogen) atoms. The number of rotatable bonds is 6. The van der Waals surface area contributed by atoms with E-state index in [0.717, 1.165) is 18.4 Å². The van der Waals surface area contributed by atoms with Gasteiger partial charge in [0.25, 0.3) is 0 Å². The Morgan fingerprint density at radius 2 is 1.80 bits per heavy atom. The molecular weight excluding hydrogens is 184 g/mol. The second-order valence-electron chi connectivity index (χ2n) is 4.17. The molecule has 1 rings (SSSR count). The molecule has 0 aliphatic rings. The molecule has 1 heteroatoms. The fourth-order valence-corrected chi connectivity index (χ4v) is 1.85. The summed E-state index contributed by atoms with van der Waals surface area (Å²) in [7, 11) is 0. The Morgan fingerprint density at radius 3 is 2.47 bits per heavy atom. The van der Waals surface area contributed by atoms with E-state index in [4.69, 9.17) is 0 Å². The second-order valence-corrected chi connectivity index (χ2v) is 4.17. The number of hydrogen-bond donors (Lipinski definition) is 1. The summed E-state index contributed by atoms with van der Waals surface area (Å²) in [5.41, 5.74) is 2.47. The highest BCUT2D eigenvalue weighted by Crippen LogP contribution is 2.21. The van der Waals surface area contributed by atoms with Crippen LogP contribution in [-0.2, 0) is 12.8 Å². The Balaban J connectivity index is 2.63. The van der Waals surface area contributed by atoms with Crippen LogP contribution in [0.15, 0.2) is 18.2 Å². The van der Waals surface area contributed by atoms with Gasteiger partial charge in [0.2, 0.25) is 0 Å². The summed E-state index contributed by atoms with van der Waals surface area (Å²) in [6.07, 6.45) is 6.95. The summed E-state index contributed by atoms with van der Waals surface area (Å²) in [6, 6.07) is 6.03. The van der Waals surface area contributed by atoms with Gasteiger partial charge in [-0.05, 0) is 36.5 Å². The van der Waals surface area contributed by atoms with Gasteiger partial charge < -0.3 is 5.11 Å². The van der Waals surface area contributed by atoms with Crippen LogP contribution in [0.25, 0.3) is 0 Å². The van der Waals surface area contributed by atoms with Gasteiger partial charge in [0.15, 0.2) is 0 Å². The Bertz CT molecular complexity index is 291. The number of phenolic OH excluding ortho intramolecular Hbond substituents is 1. The maximum absolute atomic E-state index is 9.70. The summed E-state index contributed by atoms with van der Waals surface area (Å²) in [5, 5.41) is 9.70. The highest BCUT2D eigenvalue weighted by atomic mass is 16.3. The van der Waals surface area contributed by atoms with Gasteiger partial charge in [0.1, 0.15) is 5.75 Å². The Hall–Kier alpha value is -0.980. The van der Waals surface area contributed by atoms with E-state index < -0.39 is 0 Å². The Morgan fingerprint density at radius 1 is 1.00 bits per heavy atom. The molecule has 0 aliphatic carbocycles. The maximum atomic E-state index is 9.70. The van der Waals surface area contributed by atoms with E-state index >= 15 is 0 Å². The molecule has 0 aliphatic heterocycles. The van der Waals surface area contributed by atoms with Crippen LogP contribution in [-0.4, -0.2) is 5.11 Å². The topological polar surface area (TPSA) is 20.2 Å². The molecule has 0 atom stereocenters. The predicted octanol–water partition coefficient (Wildman–Crippen LogP) is 4.08. The van der Waals surface area contributed by atoms with Crippen molar-refractivity contribution in [1.29, 1.82) is 0 Å². The first-order valence-corrected chi connectivity index (χ1v) is 6.08. The molecule has 0 saturated heterocycles. The molecule has 84 valence electrons. The fraction of sp³-hybridized carbons (Fsp3) is 0.571. The van der Waals surface area contributed by atoms with Crippen molar-refractivity contribution >= 4 is 0 Å². The van der Waals surface area contributed by atoms with Gasteiger partial charge in [-0.1, -0.05) is 45.2 Å². The largest absolute Gasteiger partial charge is 0.508 e. The second kappa shape index (κ2) is 6.49. The molecule has 0 aromatic heterocycles. The van der Waals surface area contributed by atoms with Crippen molar-refractivity contribution in [3.63, 3.8) is 0 Å². The average Bonchev–Trinajstić information content (AvgIpc) is 2.23. The van der Waals surface area contributed by atoms with Crippen molar-refractivity contribution in [2.45, 2.75) is 52.4 Å². The van der Waals surface area contributed by atoms with E-state index in [1.807, 2.05) is 12.1 Å². The van der Waals surface area contributed by atoms with Crippen molar-refractivity contribution in [3.8, 4) is 5.75 Å². The molecule has 0 saturated carbocycles. The molecule has 1 nitrogen and oxygen atoms in total. The van der Waals surface area contributed by atoms with Gasteiger partial charge in [-0.2, -0.15) is 0 Å². The Kier molecular flexibility index (Phi) is 5.23. The summed E-state index contributed by atoms with van der Waals surface area (Å²) in [6.45, 7) is 4.39. The molecular formula is C14H22O. The van der Waals surface area contributed by atoms with Crippen LogP contribution >= 0.6 is 0 Å². The molecule has 0 radical (unpaired) electrons. The van der Waals surface area contributed by atoms with Gasteiger partial charge in [0.05, 0.1) is 0 Å². The van der Waals surface area contributed by atoms with Crippen LogP contribution in [0.4, 0.5) is 0 Å². The molecule has 0 unspecified atom stereocenters. The lowest BCUT2D eigenvalue weighted by molar-refractivity contribution is 0.466. The van der Waals surface area contributed by atoms with Gasteiger partial charge in [-0.15, -0.1) is 0 Å². The van der Waals surface area contributed by atoms with E-state index in [-0.39, 0.29) is 0 Å². The minimum absolute atomic E-state index is 0.464. The van der Waals surface area contributed by atoms with Crippen LogP contribution in [0, 0.1) is 0 Å². The van der Waals surface area contributed by atoms with Gasteiger partial charge in [0, 0.05) is 0 Å². The number of aromatic hydroxyl groups is 1. The molecule has 1 aromatic carbocycles. The van der Waals surface area contributed by atoms with Crippen LogP contribution in [0.5, 0.6) is 5.75 Å². The zero-order valence-electron chi connectivity index (χ0n) is 9.92. The van der Waals surface area contributed by atoms with Gasteiger partial charge in [-0.25, -0.2) is 0 Å². The number of hydrogen-bond acceptors (Lipinski definition) is 1. The molecule has 1 N–H and O–H groups in total. The first-order valence-electron chi connectivity index (χ1n) is 6.08. The molecule has 0 spiro atoms. The number of aryl methyl sites for hydroxylation is 2. The van der Waals surface area contributed by atoms with Gasteiger partial charge in [-0.3, -0.25) is 0 Å². The van der Waals surface area contributed by atoms with Crippen LogP contribution in [0.2, 0.25) is 0 Å². The van der Waals surface area contributed by atoms with Crippen LogP contribution in [0.1, 0.15) is 50.7 Å². The van der Waals surface area contributed by atoms with Crippen molar-refractivity contribution in [2.24, 2.45) is 0 Å². The van der Waals surface area contributed by atoms with Gasteiger partial charge >= 0.3 is 0 Å². The van der Waals surface area contributed by atoms with E-state index in [2.05, 4.69) is 19.9 Å². The number of benzene rings is 1. The molecule has 0 bridgehead atoms.